The number of β-amino-alcohol motifs (C(OH)–C–C–N with tert-alkyl or cyclic N) is 1. The lowest BCUT2D eigenvalue weighted by Gasteiger charge is -2.22. The van der Waals surface area contributed by atoms with Crippen molar-refractivity contribution in [1.29, 1.82) is 0 Å². The van der Waals surface area contributed by atoms with E-state index in [1.165, 1.54) is 24.1 Å². The van der Waals surface area contributed by atoms with Crippen molar-refractivity contribution in [2.75, 3.05) is 26.2 Å². The average Bonchev–Trinajstić information content (AvgIpc) is 3.31. The van der Waals surface area contributed by atoms with Gasteiger partial charge in [0.05, 0.1) is 18.8 Å². The number of aliphatic hydroxyl groups is 1. The van der Waals surface area contributed by atoms with Crippen LogP contribution in [0.2, 0.25) is 5.02 Å². The number of Topliss-reactive ketones (excluding diaryl/α,β-unsaturated/α-hetero) is 1. The van der Waals surface area contributed by atoms with Gasteiger partial charge in [-0.2, -0.15) is 0 Å². The molecule has 2 atom stereocenters. The lowest BCUT2D eigenvalue weighted by molar-refractivity contribution is -0.117. The van der Waals surface area contributed by atoms with Crippen LogP contribution >= 0.6 is 11.6 Å². The van der Waals surface area contributed by atoms with Crippen LogP contribution in [0.4, 0.5) is 8.78 Å². The summed E-state index contributed by atoms with van der Waals surface area (Å²) in [4.78, 5) is 13.4. The monoisotopic (exact) mass is 509 g/mol. The Labute approximate surface area is 213 Å². The topological polar surface area (TPSA) is 49.8 Å². The van der Waals surface area contributed by atoms with Gasteiger partial charge >= 0.3 is 0 Å². The van der Waals surface area contributed by atoms with E-state index in [0.717, 1.165) is 43.4 Å². The highest BCUT2D eigenvalue weighted by atomic mass is 35.5. The normalized spacial score (nSPS) is 15.4. The maximum Gasteiger partial charge on any atom is 0.130 e. The van der Waals surface area contributed by atoms with Crippen LogP contribution in [-0.2, 0) is 22.4 Å². The first-order chi connectivity index (χ1) is 16.6. The Morgan fingerprint density at radius 1 is 1.20 bits per heavy atom. The van der Waals surface area contributed by atoms with Crippen LogP contribution in [0.3, 0.4) is 0 Å². The van der Waals surface area contributed by atoms with Gasteiger partial charge in [-0.05, 0) is 88.4 Å². The Bertz CT molecular complexity index is 963. The minimum absolute atomic E-state index is 0.0516. The molecule has 194 valence electrons. The molecule has 0 aliphatic carbocycles. The van der Waals surface area contributed by atoms with Crippen molar-refractivity contribution < 1.29 is 23.4 Å². The first-order valence-electron chi connectivity index (χ1n) is 12.3. The summed E-state index contributed by atoms with van der Waals surface area (Å²) in [6.45, 7) is 9.94. The van der Waals surface area contributed by atoms with Crippen molar-refractivity contribution in [3.05, 3.63) is 69.2 Å². The van der Waals surface area contributed by atoms with Crippen LogP contribution in [0.5, 0.6) is 0 Å². The fourth-order valence-electron chi connectivity index (χ4n) is 4.19. The first-order valence-corrected chi connectivity index (χ1v) is 12.7. The molecule has 0 spiro atoms. The summed E-state index contributed by atoms with van der Waals surface area (Å²) in [7, 11) is 0. The second-order valence-corrected chi connectivity index (χ2v) is 9.65. The number of hydrogen-bond donors (Lipinski definition) is 1. The molecule has 0 amide bonds. The minimum Gasteiger partial charge on any atom is -0.389 e. The molecule has 7 heteroatoms. The van der Waals surface area contributed by atoms with Gasteiger partial charge in [0.25, 0.3) is 0 Å². The quantitative estimate of drug-likeness (QED) is 0.412. The van der Waals surface area contributed by atoms with Gasteiger partial charge in [0.2, 0.25) is 0 Å². The number of ketones is 1. The smallest absolute Gasteiger partial charge is 0.130 e. The molecule has 0 bridgehead atoms. The second-order valence-electron chi connectivity index (χ2n) is 9.24. The van der Waals surface area contributed by atoms with Crippen molar-refractivity contribution in [2.24, 2.45) is 0 Å². The van der Waals surface area contributed by atoms with E-state index in [0.29, 0.717) is 17.7 Å². The molecule has 3 rings (SSSR count). The molecule has 1 aliphatic heterocycles. The maximum atomic E-state index is 14.1. The molecule has 1 fully saturated rings. The zero-order chi connectivity index (χ0) is 26.0. The van der Waals surface area contributed by atoms with E-state index >= 15 is 0 Å². The van der Waals surface area contributed by atoms with Gasteiger partial charge in [-0.1, -0.05) is 36.2 Å². The third kappa shape index (κ3) is 9.96. The van der Waals surface area contributed by atoms with Gasteiger partial charge in [0, 0.05) is 24.1 Å². The number of aliphatic hydroxyl groups excluding tert-OH is 1. The van der Waals surface area contributed by atoms with E-state index in [1.807, 2.05) is 12.1 Å². The molecule has 1 heterocycles. The van der Waals surface area contributed by atoms with E-state index in [2.05, 4.69) is 24.8 Å². The largest absolute Gasteiger partial charge is 0.389 e. The van der Waals surface area contributed by atoms with E-state index in [-0.39, 0.29) is 25.2 Å². The highest BCUT2D eigenvalue weighted by Gasteiger charge is 2.20. The van der Waals surface area contributed by atoms with E-state index < -0.39 is 23.8 Å². The Morgan fingerprint density at radius 3 is 2.49 bits per heavy atom. The summed E-state index contributed by atoms with van der Waals surface area (Å²) in [6.07, 6.45) is 2.50. The van der Waals surface area contributed by atoms with Crippen LogP contribution in [0, 0.1) is 18.6 Å². The predicted molar refractivity (Wildman–Crippen MR) is 137 cm³/mol. The molecule has 1 aliphatic rings. The van der Waals surface area contributed by atoms with Crippen molar-refractivity contribution in [3.63, 3.8) is 0 Å². The van der Waals surface area contributed by atoms with Crippen LogP contribution < -0.4 is 0 Å². The van der Waals surface area contributed by atoms with Crippen molar-refractivity contribution >= 4 is 17.4 Å². The van der Waals surface area contributed by atoms with Gasteiger partial charge in [0.1, 0.15) is 17.4 Å². The molecular formula is C28H38ClF2NO3. The second kappa shape index (κ2) is 14.6. The number of benzene rings is 2. The van der Waals surface area contributed by atoms with Crippen LogP contribution in [-0.4, -0.2) is 48.1 Å². The lowest BCUT2D eigenvalue weighted by atomic mass is 9.97. The molecule has 35 heavy (non-hydrogen) atoms. The van der Waals surface area contributed by atoms with Crippen LogP contribution in [0.1, 0.15) is 68.4 Å². The Balaban J connectivity index is 0.000000360. The molecule has 1 saturated heterocycles. The van der Waals surface area contributed by atoms with Gasteiger partial charge in [-0.3, -0.25) is 0 Å². The zero-order valence-corrected chi connectivity index (χ0v) is 22.0. The standard InChI is InChI=1S/C19H27F2NO3.C9H11Cl/c1-13(23)5-6-17-18(9-15(20)10-19(17)21)14(2)25-12-16(24)11-22-7-3-4-8-22;1-3-8-6-7(2)4-5-9(8)10/h9-10,14,16,24H,3-8,11-12H2,1-2H3;4-6H,3H2,1-2H3. The van der Waals surface area contributed by atoms with Crippen molar-refractivity contribution in [2.45, 2.75) is 72.0 Å². The number of hydrogen-bond acceptors (Lipinski definition) is 4. The number of rotatable bonds is 10. The number of carbonyl (C=O) groups is 1. The van der Waals surface area contributed by atoms with Gasteiger partial charge in [0.15, 0.2) is 0 Å². The Hall–Kier alpha value is -1.86. The summed E-state index contributed by atoms with van der Waals surface area (Å²) in [5.74, 6) is -1.39. The minimum atomic E-state index is -0.674. The van der Waals surface area contributed by atoms with E-state index in [9.17, 15) is 18.7 Å². The number of nitrogens with zero attached hydrogens (tertiary/aromatic N) is 1. The molecular weight excluding hydrogens is 472 g/mol. The summed E-state index contributed by atoms with van der Waals surface area (Å²) >= 11 is 5.90. The lowest BCUT2D eigenvalue weighted by Crippen LogP contribution is -2.33. The summed E-state index contributed by atoms with van der Waals surface area (Å²) < 4.78 is 33.4. The average molecular weight is 510 g/mol. The molecule has 4 nitrogen and oxygen atoms in total. The molecule has 0 radical (unpaired) electrons. The third-order valence-corrected chi connectivity index (χ3v) is 6.52. The van der Waals surface area contributed by atoms with Crippen LogP contribution in [0.15, 0.2) is 30.3 Å². The number of ether oxygens (including phenoxy) is 1. The summed E-state index contributed by atoms with van der Waals surface area (Å²) in [5, 5.41) is 11.0. The Kier molecular flexibility index (Phi) is 12.3. The highest BCUT2D eigenvalue weighted by molar-refractivity contribution is 6.31. The molecule has 1 N–H and O–H groups in total. The molecule has 2 aromatic rings. The Morgan fingerprint density at radius 2 is 1.89 bits per heavy atom. The zero-order valence-electron chi connectivity index (χ0n) is 21.3. The fraction of sp³-hybridized carbons (Fsp3) is 0.536. The SMILES string of the molecule is CC(=O)CCc1c(F)cc(F)cc1C(C)OCC(O)CN1CCCC1.CCc1cc(C)ccc1Cl. The van der Waals surface area contributed by atoms with Gasteiger partial charge < -0.3 is 19.5 Å². The molecule has 2 aromatic carbocycles. The first kappa shape index (κ1) is 29.4. The van der Waals surface area contributed by atoms with E-state index in [1.54, 1.807) is 6.92 Å². The maximum absolute atomic E-state index is 14.1. The third-order valence-electron chi connectivity index (χ3n) is 6.15. The van der Waals surface area contributed by atoms with Crippen molar-refractivity contribution in [1.82, 2.24) is 4.90 Å². The number of likely N-dealkylation sites (tertiary alicyclic amines) is 1. The number of carbonyl (C=O) groups excluding carboxylic acids is 1. The fourth-order valence-corrected chi connectivity index (χ4v) is 4.44. The molecule has 2 unspecified atom stereocenters. The van der Waals surface area contributed by atoms with Gasteiger partial charge in [-0.15, -0.1) is 0 Å². The summed E-state index contributed by atoms with van der Waals surface area (Å²) in [6, 6.07) is 8.18. The molecule has 0 aromatic heterocycles. The van der Waals surface area contributed by atoms with E-state index in [4.69, 9.17) is 16.3 Å². The molecule has 0 saturated carbocycles. The highest BCUT2D eigenvalue weighted by Crippen LogP contribution is 2.26. The van der Waals surface area contributed by atoms with Gasteiger partial charge in [-0.25, -0.2) is 8.78 Å². The summed E-state index contributed by atoms with van der Waals surface area (Å²) in [5.41, 5.74) is 3.22. The number of halogens is 3. The van der Waals surface area contributed by atoms with Crippen LogP contribution in [0.25, 0.3) is 0 Å². The van der Waals surface area contributed by atoms with Crippen molar-refractivity contribution in [3.8, 4) is 0 Å². The number of aryl methyl sites for hydroxylation is 2. The predicted octanol–water partition coefficient (Wildman–Crippen LogP) is 6.23.